The summed E-state index contributed by atoms with van der Waals surface area (Å²) in [7, 11) is 12.2. The molecule has 0 aliphatic heterocycles. The summed E-state index contributed by atoms with van der Waals surface area (Å²) >= 11 is 0. The third-order valence-electron chi connectivity index (χ3n) is 0.551. The van der Waals surface area contributed by atoms with Gasteiger partial charge in [-0.25, -0.2) is 0 Å². The Kier molecular flexibility index (Phi) is 14.2. The minimum atomic E-state index is 0.847. The molecule has 0 fully saturated rings. The van der Waals surface area contributed by atoms with Crippen LogP contribution in [0.3, 0.4) is 0 Å². The Morgan fingerprint density at radius 2 is 2.00 bits per heavy atom. The summed E-state index contributed by atoms with van der Waals surface area (Å²) in [5.74, 6) is 0. The average molecular weight is 139 g/mol. The van der Waals surface area contributed by atoms with Crippen LogP contribution in [0.1, 0.15) is 6.92 Å². The van der Waals surface area contributed by atoms with Gasteiger partial charge in [0.1, 0.15) is 0 Å². The number of rotatable bonds is 2. The summed E-state index contributed by atoms with van der Waals surface area (Å²) in [5, 5.41) is 2.43. The molecular formula is C5H15B2N3. The molecule has 0 aromatic rings. The zero-order valence-electron chi connectivity index (χ0n) is 7.26. The van der Waals surface area contributed by atoms with Crippen LogP contribution in [0, 0.1) is 0 Å². The summed E-state index contributed by atoms with van der Waals surface area (Å²) in [6.45, 7) is 2.79. The summed E-state index contributed by atoms with van der Waals surface area (Å²) in [5.41, 5.74) is 0. The van der Waals surface area contributed by atoms with E-state index < -0.39 is 0 Å². The van der Waals surface area contributed by atoms with Gasteiger partial charge in [0.2, 0.25) is 0 Å². The van der Waals surface area contributed by atoms with Gasteiger partial charge in [-0.15, -0.1) is 0 Å². The van der Waals surface area contributed by atoms with E-state index in [1.165, 1.54) is 0 Å². The second-order valence-electron chi connectivity index (χ2n) is 1.89. The van der Waals surface area contributed by atoms with E-state index >= 15 is 0 Å². The standard InChI is InChI=1S/C3H9BN2.C2H6BN/c1-5-4-6(2)3;1-2-4-3/h1-3H3;4H,2H2,1H3. The fourth-order valence-electron chi connectivity index (χ4n) is 0.231. The molecular weight excluding hydrogens is 124 g/mol. The Morgan fingerprint density at radius 3 is 2.00 bits per heavy atom. The van der Waals surface area contributed by atoms with Crippen LogP contribution in [0.25, 0.3) is 0 Å². The molecule has 0 saturated heterocycles. The molecule has 5 heteroatoms. The Bertz CT molecular complexity index is 73.3. The molecule has 0 atom stereocenters. The molecule has 0 aromatic carbocycles. The molecule has 0 unspecified atom stereocenters. The first-order valence-electron chi connectivity index (χ1n) is 3.21. The topological polar surface area (TPSA) is 27.6 Å². The van der Waals surface area contributed by atoms with Crippen LogP contribution in [0.2, 0.25) is 0 Å². The molecule has 0 bridgehead atoms. The van der Waals surface area contributed by atoms with Gasteiger partial charge in [-0.2, -0.15) is 0 Å². The quantitative estimate of drug-likeness (QED) is 0.529. The molecule has 56 valence electrons. The Balaban J connectivity index is 0. The maximum Gasteiger partial charge on any atom is 0.177 e. The van der Waals surface area contributed by atoms with Gasteiger partial charge in [-0.05, 0) is 6.54 Å². The first-order chi connectivity index (χ1) is 4.68. The van der Waals surface area contributed by atoms with Crippen molar-refractivity contribution in [3.63, 3.8) is 0 Å². The Hall–Kier alpha value is -0.310. The number of hydrogen-bond donors (Lipinski definition) is 1. The zero-order valence-corrected chi connectivity index (χ0v) is 7.26. The van der Waals surface area contributed by atoms with Crippen molar-refractivity contribution in [1.82, 2.24) is 10.0 Å². The maximum atomic E-state index is 4.78. The van der Waals surface area contributed by atoms with E-state index in [-0.39, 0.29) is 0 Å². The zero-order chi connectivity index (χ0) is 8.41. The molecule has 0 saturated carbocycles. The molecule has 0 spiro atoms. The predicted octanol–water partition coefficient (Wildman–Crippen LogP) is -0.340. The van der Waals surface area contributed by atoms with Crippen molar-refractivity contribution in [1.29, 1.82) is 0 Å². The van der Waals surface area contributed by atoms with Crippen LogP contribution >= 0.6 is 0 Å². The van der Waals surface area contributed by atoms with Crippen LogP contribution in [0.4, 0.5) is 0 Å². The van der Waals surface area contributed by atoms with E-state index in [1.807, 2.05) is 25.8 Å². The maximum absolute atomic E-state index is 4.78. The Morgan fingerprint density at radius 1 is 1.60 bits per heavy atom. The van der Waals surface area contributed by atoms with Gasteiger partial charge in [0, 0.05) is 0 Å². The normalized spacial score (nSPS) is 8.00. The third kappa shape index (κ3) is 25.3. The van der Waals surface area contributed by atoms with Crippen LogP contribution in [0.15, 0.2) is 4.90 Å². The van der Waals surface area contributed by atoms with Gasteiger partial charge >= 0.3 is 38.1 Å². The molecule has 0 aliphatic rings. The first kappa shape index (κ1) is 12.4. The van der Waals surface area contributed by atoms with Gasteiger partial charge in [-0.3, -0.25) is 0 Å². The van der Waals surface area contributed by atoms with Crippen molar-refractivity contribution in [3.05, 3.63) is 0 Å². The van der Waals surface area contributed by atoms with Crippen molar-refractivity contribution in [3.8, 4) is 0 Å². The Labute approximate surface area is 65.6 Å². The van der Waals surface area contributed by atoms with Crippen molar-refractivity contribution in [2.45, 2.75) is 6.92 Å². The largest absolute Gasteiger partial charge is 0.366 e. The molecule has 0 heterocycles. The number of hydrogen-bond acceptors (Lipinski definition) is 2. The molecule has 3 nitrogen and oxygen atoms in total. The van der Waals surface area contributed by atoms with Crippen LogP contribution in [-0.4, -0.2) is 47.7 Å². The summed E-state index contributed by atoms with van der Waals surface area (Å²) in [6.07, 6.45) is 0. The van der Waals surface area contributed by atoms with Gasteiger partial charge in [0.05, 0.1) is 0 Å². The molecule has 0 aromatic heterocycles. The molecule has 0 aliphatic carbocycles. The van der Waals surface area contributed by atoms with Crippen molar-refractivity contribution in [2.24, 2.45) is 4.90 Å². The van der Waals surface area contributed by atoms with Gasteiger partial charge in [0.25, 0.3) is 0 Å². The number of nitrogens with zero attached hydrogens (tertiary/aromatic N) is 2. The second kappa shape index (κ2) is 11.5. The van der Waals surface area contributed by atoms with E-state index in [4.69, 9.17) is 7.98 Å². The third-order valence-corrected chi connectivity index (χ3v) is 0.551. The van der Waals surface area contributed by atoms with Gasteiger partial charge in [-0.1, -0.05) is 6.92 Å². The molecule has 2 radical (unpaired) electrons. The van der Waals surface area contributed by atoms with E-state index in [0.29, 0.717) is 0 Å². The monoisotopic (exact) mass is 139 g/mol. The van der Waals surface area contributed by atoms with E-state index in [0.717, 1.165) is 6.54 Å². The van der Waals surface area contributed by atoms with Crippen LogP contribution in [-0.2, 0) is 0 Å². The van der Waals surface area contributed by atoms with Gasteiger partial charge < -0.3 is 5.23 Å². The van der Waals surface area contributed by atoms with Crippen molar-refractivity contribution < 1.29 is 0 Å². The molecule has 1 N–H and O–H groups in total. The van der Waals surface area contributed by atoms with E-state index in [2.05, 4.69) is 10.1 Å². The fourth-order valence-corrected chi connectivity index (χ4v) is 0.231. The van der Waals surface area contributed by atoms with Crippen molar-refractivity contribution >= 4 is 15.2 Å². The minimum absolute atomic E-state index is 0.847. The number of nitrogens with one attached hydrogen (secondary N) is 1. The van der Waals surface area contributed by atoms with E-state index in [1.54, 1.807) is 14.3 Å². The summed E-state index contributed by atoms with van der Waals surface area (Å²) in [4.78, 5) is 5.62. The molecule has 0 rings (SSSR count). The van der Waals surface area contributed by atoms with Crippen LogP contribution < -0.4 is 5.23 Å². The predicted molar refractivity (Wildman–Crippen MR) is 47.2 cm³/mol. The molecule has 10 heavy (non-hydrogen) atoms. The second-order valence-corrected chi connectivity index (χ2v) is 1.89. The van der Waals surface area contributed by atoms with E-state index in [9.17, 15) is 0 Å². The first-order valence-corrected chi connectivity index (χ1v) is 3.21. The van der Waals surface area contributed by atoms with Gasteiger partial charge in [0.15, 0.2) is 7.98 Å². The average Bonchev–Trinajstić information content (AvgIpc) is 1.89. The SMILES string of the molecule is CN=BN(C)C.[B]NCC. The molecule has 0 amide bonds. The summed E-state index contributed by atoms with van der Waals surface area (Å²) < 4.78 is 0. The minimum Gasteiger partial charge on any atom is -0.366 e. The van der Waals surface area contributed by atoms with Crippen molar-refractivity contribution in [2.75, 3.05) is 27.7 Å². The fraction of sp³-hybridized carbons (Fsp3) is 1.00. The van der Waals surface area contributed by atoms with Crippen LogP contribution in [0.5, 0.6) is 0 Å². The smallest absolute Gasteiger partial charge is 0.177 e. The summed E-state index contributed by atoms with van der Waals surface area (Å²) in [6, 6.07) is 0.